The van der Waals surface area contributed by atoms with Gasteiger partial charge in [-0.2, -0.15) is 5.26 Å². The van der Waals surface area contributed by atoms with E-state index in [-0.39, 0.29) is 0 Å². The second kappa shape index (κ2) is 4.28. The van der Waals surface area contributed by atoms with E-state index in [0.717, 1.165) is 26.9 Å². The molecule has 1 aromatic heterocycles. The first kappa shape index (κ1) is 11.0. The summed E-state index contributed by atoms with van der Waals surface area (Å²) in [4.78, 5) is 7.76. The van der Waals surface area contributed by atoms with E-state index in [1.54, 1.807) is 6.07 Å². The minimum Gasteiger partial charge on any atom is -0.338 e. The molecular formula is C14H8BrN3. The number of hydrogen-bond donors (Lipinski definition) is 1. The minimum atomic E-state index is 0.629. The van der Waals surface area contributed by atoms with Gasteiger partial charge in [0.2, 0.25) is 0 Å². The Morgan fingerprint density at radius 1 is 1.17 bits per heavy atom. The lowest BCUT2D eigenvalue weighted by Crippen LogP contribution is -1.81. The summed E-state index contributed by atoms with van der Waals surface area (Å²) in [6.45, 7) is 0. The van der Waals surface area contributed by atoms with Crippen LogP contribution in [0.5, 0.6) is 0 Å². The highest BCUT2D eigenvalue weighted by Crippen LogP contribution is 2.27. The van der Waals surface area contributed by atoms with E-state index in [2.05, 4.69) is 32.0 Å². The number of fused-ring (bicyclic) bond motifs is 1. The van der Waals surface area contributed by atoms with Gasteiger partial charge in [-0.3, -0.25) is 0 Å². The van der Waals surface area contributed by atoms with Crippen LogP contribution >= 0.6 is 15.9 Å². The lowest BCUT2D eigenvalue weighted by atomic mass is 10.2. The predicted molar refractivity (Wildman–Crippen MR) is 73.9 cm³/mol. The van der Waals surface area contributed by atoms with Gasteiger partial charge in [-0.1, -0.05) is 34.1 Å². The molecular weight excluding hydrogens is 290 g/mol. The third-order valence-corrected chi connectivity index (χ3v) is 3.43. The zero-order valence-corrected chi connectivity index (χ0v) is 10.9. The Morgan fingerprint density at radius 3 is 2.78 bits per heavy atom. The number of nitriles is 1. The Morgan fingerprint density at radius 2 is 2.00 bits per heavy atom. The van der Waals surface area contributed by atoms with E-state index in [4.69, 9.17) is 5.26 Å². The fraction of sp³-hybridized carbons (Fsp3) is 0. The van der Waals surface area contributed by atoms with Gasteiger partial charge in [-0.25, -0.2) is 4.98 Å². The lowest BCUT2D eigenvalue weighted by molar-refractivity contribution is 1.33. The van der Waals surface area contributed by atoms with Crippen LogP contribution in [0.25, 0.3) is 22.4 Å². The number of imidazole rings is 1. The molecule has 4 heteroatoms. The molecule has 0 aliphatic heterocycles. The Balaban J connectivity index is 2.20. The first-order valence-corrected chi connectivity index (χ1v) is 6.22. The van der Waals surface area contributed by atoms with Crippen LogP contribution in [0.2, 0.25) is 0 Å². The minimum absolute atomic E-state index is 0.629. The van der Waals surface area contributed by atoms with Crippen molar-refractivity contribution >= 4 is 27.0 Å². The van der Waals surface area contributed by atoms with Gasteiger partial charge in [0.25, 0.3) is 0 Å². The maximum absolute atomic E-state index is 8.87. The number of H-pyrrole nitrogens is 1. The topological polar surface area (TPSA) is 52.5 Å². The monoisotopic (exact) mass is 297 g/mol. The van der Waals surface area contributed by atoms with Crippen molar-refractivity contribution in [1.29, 1.82) is 5.26 Å². The fourth-order valence-electron chi connectivity index (χ4n) is 1.86. The molecule has 1 heterocycles. The smallest absolute Gasteiger partial charge is 0.139 e. The van der Waals surface area contributed by atoms with Crippen molar-refractivity contribution in [2.45, 2.75) is 0 Å². The highest BCUT2D eigenvalue weighted by molar-refractivity contribution is 9.10. The van der Waals surface area contributed by atoms with Crippen molar-refractivity contribution in [3.05, 3.63) is 52.5 Å². The molecule has 0 saturated heterocycles. The molecule has 86 valence electrons. The molecule has 0 aliphatic carbocycles. The molecule has 18 heavy (non-hydrogen) atoms. The van der Waals surface area contributed by atoms with Crippen LogP contribution in [0, 0.1) is 11.3 Å². The van der Waals surface area contributed by atoms with Gasteiger partial charge in [0, 0.05) is 10.0 Å². The van der Waals surface area contributed by atoms with Crippen molar-refractivity contribution in [2.75, 3.05) is 0 Å². The highest BCUT2D eigenvalue weighted by Gasteiger charge is 2.08. The number of nitrogens with zero attached hydrogens (tertiary/aromatic N) is 2. The molecule has 3 aromatic rings. The van der Waals surface area contributed by atoms with Crippen LogP contribution in [0.3, 0.4) is 0 Å². The van der Waals surface area contributed by atoms with E-state index >= 15 is 0 Å². The number of aromatic nitrogens is 2. The van der Waals surface area contributed by atoms with Gasteiger partial charge < -0.3 is 4.98 Å². The number of rotatable bonds is 1. The van der Waals surface area contributed by atoms with Crippen LogP contribution in [0.4, 0.5) is 0 Å². The molecule has 0 aliphatic rings. The zero-order valence-electron chi connectivity index (χ0n) is 9.31. The molecule has 0 fully saturated rings. The van der Waals surface area contributed by atoms with Gasteiger partial charge in [-0.05, 0) is 24.3 Å². The lowest BCUT2D eigenvalue weighted by Gasteiger charge is -1.98. The Bertz CT molecular complexity index is 768. The molecule has 0 radical (unpaired) electrons. The van der Waals surface area contributed by atoms with Crippen LogP contribution in [-0.4, -0.2) is 9.97 Å². The molecule has 0 atom stereocenters. The van der Waals surface area contributed by atoms with E-state index in [1.807, 2.05) is 36.4 Å². The average molecular weight is 298 g/mol. The fourth-order valence-corrected chi connectivity index (χ4v) is 2.33. The molecule has 3 rings (SSSR count). The maximum atomic E-state index is 8.87. The van der Waals surface area contributed by atoms with Crippen molar-refractivity contribution in [2.24, 2.45) is 0 Å². The molecule has 3 nitrogen and oxygen atoms in total. The molecule has 2 aromatic carbocycles. The summed E-state index contributed by atoms with van der Waals surface area (Å²) in [7, 11) is 0. The summed E-state index contributed by atoms with van der Waals surface area (Å²) in [5.41, 5.74) is 3.37. The summed E-state index contributed by atoms with van der Waals surface area (Å²) in [5, 5.41) is 8.87. The number of nitrogens with one attached hydrogen (secondary N) is 1. The third-order valence-electron chi connectivity index (χ3n) is 2.74. The molecule has 1 N–H and O–H groups in total. The second-order valence-corrected chi connectivity index (χ2v) is 4.76. The largest absolute Gasteiger partial charge is 0.338 e. The van der Waals surface area contributed by atoms with Crippen molar-refractivity contribution < 1.29 is 0 Å². The van der Waals surface area contributed by atoms with Crippen molar-refractivity contribution in [3.63, 3.8) is 0 Å². The summed E-state index contributed by atoms with van der Waals surface area (Å²) >= 11 is 3.51. The quantitative estimate of drug-likeness (QED) is 0.741. The van der Waals surface area contributed by atoms with Crippen LogP contribution in [0.15, 0.2) is 46.9 Å². The van der Waals surface area contributed by atoms with E-state index < -0.39 is 0 Å². The first-order chi connectivity index (χ1) is 8.78. The summed E-state index contributed by atoms with van der Waals surface area (Å²) in [6, 6.07) is 15.5. The van der Waals surface area contributed by atoms with Gasteiger partial charge in [0.05, 0.1) is 22.7 Å². The van der Waals surface area contributed by atoms with Crippen LogP contribution in [0.1, 0.15) is 5.56 Å². The third kappa shape index (κ3) is 1.79. The SMILES string of the molecule is N#Cc1ccc2nc(-c3ccccc3Br)[nH]c2c1. The Hall–Kier alpha value is -2.12. The summed E-state index contributed by atoms with van der Waals surface area (Å²) < 4.78 is 0.990. The second-order valence-electron chi connectivity index (χ2n) is 3.91. The van der Waals surface area contributed by atoms with Gasteiger partial charge in [0.15, 0.2) is 0 Å². The van der Waals surface area contributed by atoms with Crippen molar-refractivity contribution in [3.8, 4) is 17.5 Å². The molecule has 0 saturated carbocycles. The number of benzene rings is 2. The normalized spacial score (nSPS) is 10.4. The maximum Gasteiger partial charge on any atom is 0.139 e. The van der Waals surface area contributed by atoms with Gasteiger partial charge in [0.1, 0.15) is 5.82 Å². The van der Waals surface area contributed by atoms with Crippen LogP contribution in [-0.2, 0) is 0 Å². The first-order valence-electron chi connectivity index (χ1n) is 5.43. The van der Waals surface area contributed by atoms with Crippen molar-refractivity contribution in [1.82, 2.24) is 9.97 Å². The average Bonchev–Trinajstić information content (AvgIpc) is 2.81. The van der Waals surface area contributed by atoms with Gasteiger partial charge in [-0.15, -0.1) is 0 Å². The van der Waals surface area contributed by atoms with E-state index in [0.29, 0.717) is 5.56 Å². The summed E-state index contributed by atoms with van der Waals surface area (Å²) in [5.74, 6) is 0.799. The summed E-state index contributed by atoms with van der Waals surface area (Å²) in [6.07, 6.45) is 0. The number of aromatic amines is 1. The molecule has 0 spiro atoms. The number of halogens is 1. The Kier molecular flexibility index (Phi) is 2.62. The highest BCUT2D eigenvalue weighted by atomic mass is 79.9. The molecule has 0 amide bonds. The molecule has 0 unspecified atom stereocenters. The Labute approximate surface area is 112 Å². The zero-order chi connectivity index (χ0) is 12.5. The molecule has 0 bridgehead atoms. The van der Waals surface area contributed by atoms with Gasteiger partial charge >= 0.3 is 0 Å². The van der Waals surface area contributed by atoms with E-state index in [9.17, 15) is 0 Å². The number of hydrogen-bond acceptors (Lipinski definition) is 2. The predicted octanol–water partition coefficient (Wildman–Crippen LogP) is 3.86. The van der Waals surface area contributed by atoms with E-state index in [1.165, 1.54) is 0 Å². The standard InChI is InChI=1S/C14H8BrN3/c15-11-4-2-1-3-10(11)14-17-12-6-5-9(8-16)7-13(12)18-14/h1-7H,(H,17,18). The van der Waals surface area contributed by atoms with Crippen LogP contribution < -0.4 is 0 Å².